The number of ether oxygens (including phenoxy) is 1. The number of nitrogens with zero attached hydrogens (tertiary/aromatic N) is 2. The van der Waals surface area contributed by atoms with Crippen LogP contribution in [0.1, 0.15) is 19.3 Å². The van der Waals surface area contributed by atoms with E-state index < -0.39 is 11.9 Å². The third kappa shape index (κ3) is 3.11. The zero-order valence-electron chi connectivity index (χ0n) is 11.5. The van der Waals surface area contributed by atoms with Crippen LogP contribution in [0.15, 0.2) is 12.3 Å². The summed E-state index contributed by atoms with van der Waals surface area (Å²) in [4.78, 5) is 18.2. The number of carbonyl (C=O) groups excluding carboxylic acids is 1. The summed E-state index contributed by atoms with van der Waals surface area (Å²) in [5, 5.41) is 3.12. The number of rotatable bonds is 3. The lowest BCUT2D eigenvalue weighted by Crippen LogP contribution is -2.43. The van der Waals surface area contributed by atoms with Crippen LogP contribution in [0.25, 0.3) is 0 Å². The van der Waals surface area contributed by atoms with Crippen molar-refractivity contribution in [3.63, 3.8) is 0 Å². The van der Waals surface area contributed by atoms with Crippen molar-refractivity contribution in [1.29, 1.82) is 0 Å². The number of carbonyl (C=O) groups is 1. The minimum atomic E-state index is -0.542. The number of amides is 1. The molecule has 21 heavy (non-hydrogen) atoms. The molecule has 0 aromatic carbocycles. The van der Waals surface area contributed by atoms with E-state index in [1.807, 2.05) is 4.90 Å². The van der Waals surface area contributed by atoms with Gasteiger partial charge in [0.25, 0.3) is 0 Å². The van der Waals surface area contributed by atoms with Crippen LogP contribution in [0.4, 0.5) is 10.2 Å². The van der Waals surface area contributed by atoms with Crippen molar-refractivity contribution < 1.29 is 13.9 Å². The van der Waals surface area contributed by atoms with Gasteiger partial charge in [-0.25, -0.2) is 9.37 Å². The molecule has 1 N–H and O–H groups in total. The van der Waals surface area contributed by atoms with Gasteiger partial charge in [-0.2, -0.15) is 0 Å². The Morgan fingerprint density at radius 2 is 2.14 bits per heavy atom. The summed E-state index contributed by atoms with van der Waals surface area (Å²) in [6.45, 7) is 2.08. The quantitative estimate of drug-likeness (QED) is 0.928. The number of hydrogen-bond donors (Lipinski definition) is 1. The van der Waals surface area contributed by atoms with Crippen LogP contribution in [-0.4, -0.2) is 47.6 Å². The first-order chi connectivity index (χ1) is 10.1. The molecule has 1 aromatic heterocycles. The van der Waals surface area contributed by atoms with Crippen LogP contribution < -0.4 is 5.32 Å². The van der Waals surface area contributed by atoms with Crippen LogP contribution >= 0.6 is 11.6 Å². The molecular weight excluding hydrogens is 297 g/mol. The maximum absolute atomic E-state index is 13.7. The Balaban J connectivity index is 1.66. The second-order valence-corrected chi connectivity index (χ2v) is 5.78. The van der Waals surface area contributed by atoms with Gasteiger partial charge >= 0.3 is 0 Å². The van der Waals surface area contributed by atoms with Crippen molar-refractivity contribution in [2.75, 3.05) is 25.1 Å². The Kier molecular flexibility index (Phi) is 4.26. The van der Waals surface area contributed by atoms with Gasteiger partial charge in [0.05, 0.1) is 5.02 Å². The highest BCUT2D eigenvalue weighted by molar-refractivity contribution is 6.30. The summed E-state index contributed by atoms with van der Waals surface area (Å²) in [5.41, 5.74) is 0. The molecule has 2 fully saturated rings. The maximum atomic E-state index is 13.7. The number of hydrogen-bond acceptors (Lipinski definition) is 4. The second-order valence-electron chi connectivity index (χ2n) is 5.34. The van der Waals surface area contributed by atoms with Crippen molar-refractivity contribution in [2.45, 2.75) is 31.3 Å². The molecule has 1 aromatic rings. The lowest BCUT2D eigenvalue weighted by Gasteiger charge is -2.31. The molecule has 3 heterocycles. The van der Waals surface area contributed by atoms with Gasteiger partial charge in [-0.3, -0.25) is 4.79 Å². The first-order valence-corrected chi connectivity index (χ1v) is 7.49. The number of halogens is 2. The predicted molar refractivity (Wildman–Crippen MR) is 76.8 cm³/mol. The maximum Gasteiger partial charge on any atom is 0.245 e. The third-order valence-corrected chi connectivity index (χ3v) is 4.20. The molecule has 0 spiro atoms. The smallest absolute Gasteiger partial charge is 0.245 e. The van der Waals surface area contributed by atoms with E-state index in [-0.39, 0.29) is 22.8 Å². The molecule has 0 unspecified atom stereocenters. The molecule has 0 bridgehead atoms. The van der Waals surface area contributed by atoms with Crippen molar-refractivity contribution >= 4 is 23.3 Å². The second kappa shape index (κ2) is 6.15. The number of anilines is 1. The van der Waals surface area contributed by atoms with Crippen LogP contribution in [0.5, 0.6) is 0 Å². The predicted octanol–water partition coefficient (Wildman–Crippen LogP) is 2.07. The van der Waals surface area contributed by atoms with Gasteiger partial charge in [0.1, 0.15) is 6.04 Å². The van der Waals surface area contributed by atoms with Crippen molar-refractivity contribution in [1.82, 2.24) is 9.88 Å². The minimum Gasteiger partial charge on any atom is -0.381 e. The van der Waals surface area contributed by atoms with Crippen molar-refractivity contribution in [2.24, 2.45) is 0 Å². The monoisotopic (exact) mass is 313 g/mol. The molecular formula is C14H17ClFN3O2. The molecule has 0 radical (unpaired) electrons. The summed E-state index contributed by atoms with van der Waals surface area (Å²) >= 11 is 5.67. The number of aromatic nitrogens is 1. The Morgan fingerprint density at radius 3 is 2.86 bits per heavy atom. The molecule has 0 saturated carbocycles. The van der Waals surface area contributed by atoms with E-state index in [1.165, 1.54) is 12.3 Å². The average Bonchev–Trinajstić information content (AvgIpc) is 2.84. The van der Waals surface area contributed by atoms with Gasteiger partial charge in [-0.15, -0.1) is 0 Å². The van der Waals surface area contributed by atoms with Crippen molar-refractivity contribution in [3.05, 3.63) is 23.1 Å². The average molecular weight is 314 g/mol. The Bertz CT molecular complexity index is 537. The fraction of sp³-hybridized carbons (Fsp3) is 0.571. The molecule has 2 aliphatic rings. The van der Waals surface area contributed by atoms with Gasteiger partial charge in [0.2, 0.25) is 5.91 Å². The highest BCUT2D eigenvalue weighted by atomic mass is 35.5. The van der Waals surface area contributed by atoms with Gasteiger partial charge in [-0.05, 0) is 25.3 Å². The SMILES string of the molecule is O=C1[C@H](Nc2ncc(Cl)cc2F)CCN1C1CCOCC1. The van der Waals surface area contributed by atoms with Crippen LogP contribution in [-0.2, 0) is 9.53 Å². The lowest BCUT2D eigenvalue weighted by atomic mass is 10.1. The summed E-state index contributed by atoms with van der Waals surface area (Å²) in [5.74, 6) is -0.454. The largest absolute Gasteiger partial charge is 0.381 e. The summed E-state index contributed by atoms with van der Waals surface area (Å²) < 4.78 is 19.1. The van der Waals surface area contributed by atoms with E-state index in [1.54, 1.807) is 0 Å². The van der Waals surface area contributed by atoms with E-state index >= 15 is 0 Å². The lowest BCUT2D eigenvalue weighted by molar-refractivity contribution is -0.131. The van der Waals surface area contributed by atoms with E-state index in [4.69, 9.17) is 16.3 Å². The Hall–Kier alpha value is -1.40. The van der Waals surface area contributed by atoms with Crippen LogP contribution in [0.3, 0.4) is 0 Å². The van der Waals surface area contributed by atoms with E-state index in [0.29, 0.717) is 26.2 Å². The molecule has 0 aliphatic carbocycles. The molecule has 2 aliphatic heterocycles. The molecule has 3 rings (SSSR count). The normalized spacial score (nSPS) is 23.6. The Labute approximate surface area is 127 Å². The summed E-state index contributed by atoms with van der Waals surface area (Å²) in [6.07, 6.45) is 3.75. The zero-order valence-corrected chi connectivity index (χ0v) is 12.3. The van der Waals surface area contributed by atoms with Gasteiger partial charge in [-0.1, -0.05) is 11.6 Å². The van der Waals surface area contributed by atoms with E-state index in [9.17, 15) is 9.18 Å². The van der Waals surface area contributed by atoms with Gasteiger partial charge < -0.3 is 15.0 Å². The first kappa shape index (κ1) is 14.5. The molecule has 1 atom stereocenters. The minimum absolute atomic E-state index is 0.0121. The number of nitrogens with one attached hydrogen (secondary N) is 1. The zero-order chi connectivity index (χ0) is 14.8. The molecule has 2 saturated heterocycles. The van der Waals surface area contributed by atoms with Gasteiger partial charge in [0, 0.05) is 32.0 Å². The molecule has 114 valence electrons. The van der Waals surface area contributed by atoms with Crippen molar-refractivity contribution in [3.8, 4) is 0 Å². The fourth-order valence-electron chi connectivity index (χ4n) is 2.88. The third-order valence-electron chi connectivity index (χ3n) is 3.99. The van der Waals surface area contributed by atoms with Gasteiger partial charge in [0.15, 0.2) is 11.6 Å². The van der Waals surface area contributed by atoms with E-state index in [2.05, 4.69) is 10.3 Å². The summed E-state index contributed by atoms with van der Waals surface area (Å²) in [6, 6.07) is 1.00. The first-order valence-electron chi connectivity index (χ1n) is 7.11. The van der Waals surface area contributed by atoms with E-state index in [0.717, 1.165) is 12.8 Å². The highest BCUT2D eigenvalue weighted by Crippen LogP contribution is 2.24. The highest BCUT2D eigenvalue weighted by Gasteiger charge is 2.36. The summed E-state index contributed by atoms with van der Waals surface area (Å²) in [7, 11) is 0. The molecule has 7 heteroatoms. The fourth-order valence-corrected chi connectivity index (χ4v) is 3.03. The molecule has 5 nitrogen and oxygen atoms in total. The Morgan fingerprint density at radius 1 is 1.38 bits per heavy atom. The van der Waals surface area contributed by atoms with Crippen LogP contribution in [0, 0.1) is 5.82 Å². The standard InChI is InChI=1S/C14H17ClFN3O2/c15-9-7-11(16)13(17-8-9)18-12-1-4-19(14(12)20)10-2-5-21-6-3-10/h7-8,10,12H,1-6H2,(H,17,18)/t12-/m1/s1. The number of pyridine rings is 1. The molecule has 1 amide bonds. The topological polar surface area (TPSA) is 54.5 Å². The number of likely N-dealkylation sites (tertiary alicyclic amines) is 1. The van der Waals surface area contributed by atoms with Crippen LogP contribution in [0.2, 0.25) is 5.02 Å².